The van der Waals surface area contributed by atoms with E-state index in [-0.39, 0.29) is 0 Å². The lowest BCUT2D eigenvalue weighted by molar-refractivity contribution is 0.422. The second-order valence-electron chi connectivity index (χ2n) is 6.17. The fraction of sp³-hybridized carbons (Fsp3) is 0.786. The zero-order valence-corrected chi connectivity index (χ0v) is 12.7. The summed E-state index contributed by atoms with van der Waals surface area (Å²) in [4.78, 5) is 0.972. The first-order valence-corrected chi connectivity index (χ1v) is 8.60. The van der Waals surface area contributed by atoms with Gasteiger partial charge in [-0.2, -0.15) is 9.61 Å². The minimum Gasteiger partial charge on any atom is -0.314 e. The number of rotatable bonds is 2. The zero-order valence-electron chi connectivity index (χ0n) is 11.9. The Morgan fingerprint density at radius 2 is 2.00 bits per heavy atom. The molecule has 1 saturated heterocycles. The van der Waals surface area contributed by atoms with Crippen LogP contribution in [-0.2, 0) is 0 Å². The van der Waals surface area contributed by atoms with E-state index in [1.54, 1.807) is 11.3 Å². The Kier molecular flexibility index (Phi) is 3.22. The highest BCUT2D eigenvalue weighted by molar-refractivity contribution is 7.16. The van der Waals surface area contributed by atoms with Gasteiger partial charge in [-0.25, -0.2) is 0 Å². The summed E-state index contributed by atoms with van der Waals surface area (Å²) in [5, 5.41) is 18.4. The Hall–Kier alpha value is -1.01. The summed E-state index contributed by atoms with van der Waals surface area (Å²) < 4.78 is 2.03. The lowest BCUT2D eigenvalue weighted by Gasteiger charge is -2.18. The Morgan fingerprint density at radius 3 is 2.75 bits per heavy atom. The van der Waals surface area contributed by atoms with Crippen LogP contribution in [0.25, 0.3) is 4.96 Å². The van der Waals surface area contributed by atoms with Crippen molar-refractivity contribution in [2.75, 3.05) is 6.54 Å². The molecular weight excluding hydrogens is 270 g/mol. The lowest BCUT2D eigenvalue weighted by atomic mass is 9.89. The highest BCUT2D eigenvalue weighted by Crippen LogP contribution is 2.34. The second kappa shape index (κ2) is 5.07. The first kappa shape index (κ1) is 12.7. The van der Waals surface area contributed by atoms with Crippen LogP contribution >= 0.6 is 11.3 Å². The number of hydrogen-bond donors (Lipinski definition) is 1. The van der Waals surface area contributed by atoms with Crippen molar-refractivity contribution in [1.82, 2.24) is 25.1 Å². The summed E-state index contributed by atoms with van der Waals surface area (Å²) in [6, 6.07) is 0.525. The average molecular weight is 291 g/mol. The van der Waals surface area contributed by atoms with Gasteiger partial charge >= 0.3 is 0 Å². The van der Waals surface area contributed by atoms with Crippen LogP contribution in [0.5, 0.6) is 0 Å². The van der Waals surface area contributed by atoms with E-state index in [0.29, 0.717) is 17.9 Å². The van der Waals surface area contributed by atoms with Gasteiger partial charge in [0.15, 0.2) is 5.82 Å². The van der Waals surface area contributed by atoms with E-state index >= 15 is 0 Å². The minimum atomic E-state index is 0.525. The SMILES string of the molecule is CC1NCCC1c1nn2c(C3CCCCC3)nnc2s1. The lowest BCUT2D eigenvalue weighted by Crippen LogP contribution is -2.21. The Labute approximate surface area is 122 Å². The minimum absolute atomic E-state index is 0.525. The summed E-state index contributed by atoms with van der Waals surface area (Å²) in [7, 11) is 0. The molecule has 0 bridgehead atoms. The van der Waals surface area contributed by atoms with E-state index in [0.717, 1.165) is 17.3 Å². The molecule has 20 heavy (non-hydrogen) atoms. The second-order valence-corrected chi connectivity index (χ2v) is 7.15. The van der Waals surface area contributed by atoms with E-state index in [9.17, 15) is 0 Å². The Bertz CT molecular complexity index is 598. The van der Waals surface area contributed by atoms with E-state index in [1.165, 1.54) is 43.5 Å². The molecule has 5 nitrogen and oxygen atoms in total. The van der Waals surface area contributed by atoms with Crippen LogP contribution in [0, 0.1) is 0 Å². The largest absolute Gasteiger partial charge is 0.314 e. The monoisotopic (exact) mass is 291 g/mol. The number of fused-ring (bicyclic) bond motifs is 1. The molecule has 1 aliphatic carbocycles. The quantitative estimate of drug-likeness (QED) is 0.924. The van der Waals surface area contributed by atoms with E-state index in [4.69, 9.17) is 5.10 Å². The van der Waals surface area contributed by atoms with Gasteiger partial charge in [-0.3, -0.25) is 0 Å². The molecule has 2 unspecified atom stereocenters. The molecule has 6 heteroatoms. The van der Waals surface area contributed by atoms with Gasteiger partial charge in [-0.15, -0.1) is 10.2 Å². The van der Waals surface area contributed by atoms with Crippen molar-refractivity contribution in [1.29, 1.82) is 0 Å². The van der Waals surface area contributed by atoms with Crippen molar-refractivity contribution in [3.63, 3.8) is 0 Å². The molecule has 2 aromatic heterocycles. The predicted octanol–water partition coefficient (Wildman–Crippen LogP) is 2.70. The van der Waals surface area contributed by atoms with E-state index < -0.39 is 0 Å². The van der Waals surface area contributed by atoms with Gasteiger partial charge in [-0.1, -0.05) is 30.6 Å². The molecule has 1 aliphatic heterocycles. The van der Waals surface area contributed by atoms with E-state index in [1.807, 2.05) is 4.52 Å². The standard InChI is InChI=1S/C14H21N5S/c1-9-11(7-8-15-9)13-18-19-12(16-17-14(19)20-13)10-5-3-2-4-6-10/h9-11,15H,2-8H2,1H3. The zero-order chi connectivity index (χ0) is 13.5. The van der Waals surface area contributed by atoms with Crippen molar-refractivity contribution in [3.05, 3.63) is 10.8 Å². The third-order valence-corrected chi connectivity index (χ3v) is 5.87. The maximum atomic E-state index is 4.85. The molecule has 108 valence electrons. The number of nitrogens with one attached hydrogen (secondary N) is 1. The maximum Gasteiger partial charge on any atom is 0.234 e. The van der Waals surface area contributed by atoms with Crippen molar-refractivity contribution in [2.24, 2.45) is 0 Å². The van der Waals surface area contributed by atoms with Crippen LogP contribution in [0.3, 0.4) is 0 Å². The molecule has 0 radical (unpaired) electrons. The molecule has 3 heterocycles. The van der Waals surface area contributed by atoms with Crippen molar-refractivity contribution < 1.29 is 0 Å². The van der Waals surface area contributed by atoms with Crippen LogP contribution in [0.2, 0.25) is 0 Å². The molecule has 0 aromatic carbocycles. The third-order valence-electron chi connectivity index (χ3n) is 4.84. The maximum absolute atomic E-state index is 4.85. The fourth-order valence-electron chi connectivity index (χ4n) is 3.61. The van der Waals surface area contributed by atoms with Gasteiger partial charge in [0.05, 0.1) is 0 Å². The highest BCUT2D eigenvalue weighted by atomic mass is 32.1. The van der Waals surface area contributed by atoms with Crippen LogP contribution in [-0.4, -0.2) is 32.4 Å². The van der Waals surface area contributed by atoms with Gasteiger partial charge < -0.3 is 5.32 Å². The van der Waals surface area contributed by atoms with Crippen LogP contribution < -0.4 is 5.32 Å². The van der Waals surface area contributed by atoms with Gasteiger partial charge in [-0.05, 0) is 32.7 Å². The van der Waals surface area contributed by atoms with Crippen LogP contribution in [0.4, 0.5) is 0 Å². The molecule has 2 atom stereocenters. The summed E-state index contributed by atoms with van der Waals surface area (Å²) >= 11 is 1.72. The average Bonchev–Trinajstić information content (AvgIpc) is 3.13. The first-order valence-electron chi connectivity index (χ1n) is 7.78. The Morgan fingerprint density at radius 1 is 1.15 bits per heavy atom. The fourth-order valence-corrected chi connectivity index (χ4v) is 4.69. The van der Waals surface area contributed by atoms with Gasteiger partial charge in [0, 0.05) is 17.9 Å². The number of nitrogens with zero attached hydrogens (tertiary/aromatic N) is 4. The van der Waals surface area contributed by atoms with Crippen molar-refractivity contribution in [3.8, 4) is 0 Å². The predicted molar refractivity (Wildman–Crippen MR) is 79.3 cm³/mol. The van der Waals surface area contributed by atoms with Crippen molar-refractivity contribution in [2.45, 2.75) is 63.3 Å². The van der Waals surface area contributed by atoms with Gasteiger partial charge in [0.1, 0.15) is 5.01 Å². The van der Waals surface area contributed by atoms with Gasteiger partial charge in [0.25, 0.3) is 0 Å². The number of hydrogen-bond acceptors (Lipinski definition) is 5. The summed E-state index contributed by atoms with van der Waals surface area (Å²) in [5.74, 6) is 2.20. The normalized spacial score (nSPS) is 28.4. The molecule has 1 saturated carbocycles. The third kappa shape index (κ3) is 2.05. The van der Waals surface area contributed by atoms with Gasteiger partial charge in [0.2, 0.25) is 4.96 Å². The molecule has 4 rings (SSSR count). The molecule has 1 N–H and O–H groups in total. The van der Waals surface area contributed by atoms with E-state index in [2.05, 4.69) is 22.4 Å². The van der Waals surface area contributed by atoms with Crippen molar-refractivity contribution >= 4 is 16.3 Å². The first-order chi connectivity index (χ1) is 9.83. The highest BCUT2D eigenvalue weighted by Gasteiger charge is 2.29. The summed E-state index contributed by atoms with van der Waals surface area (Å²) in [6.07, 6.45) is 7.68. The molecule has 0 spiro atoms. The molecule has 2 aromatic rings. The summed E-state index contributed by atoms with van der Waals surface area (Å²) in [5.41, 5.74) is 0. The van der Waals surface area contributed by atoms with Crippen LogP contribution in [0.15, 0.2) is 0 Å². The topological polar surface area (TPSA) is 55.1 Å². The van der Waals surface area contributed by atoms with Crippen LogP contribution in [0.1, 0.15) is 68.1 Å². The summed E-state index contributed by atoms with van der Waals surface area (Å²) in [6.45, 7) is 3.35. The molecule has 0 amide bonds. The number of aromatic nitrogens is 4. The Balaban J connectivity index is 1.67. The smallest absolute Gasteiger partial charge is 0.234 e. The molecule has 2 aliphatic rings. The molecule has 2 fully saturated rings. The molecular formula is C14H21N5S.